The van der Waals surface area contributed by atoms with Crippen LogP contribution in [0.5, 0.6) is 11.5 Å². The Kier molecular flexibility index (Phi) is 5.86. The summed E-state index contributed by atoms with van der Waals surface area (Å²) in [5, 5.41) is 5.24. The third-order valence-corrected chi connectivity index (χ3v) is 4.66. The highest BCUT2D eigenvalue weighted by Gasteiger charge is 2.31. The first-order valence-electron chi connectivity index (χ1n) is 9.53. The van der Waals surface area contributed by atoms with E-state index in [9.17, 15) is 27.2 Å². The second kappa shape index (κ2) is 8.77. The number of pyridine rings is 1. The Morgan fingerprint density at radius 2 is 1.91 bits per heavy atom. The molecule has 0 aliphatic carbocycles. The number of hydrogen-bond acceptors (Lipinski definition) is 5. The zero-order chi connectivity index (χ0) is 23.6. The average Bonchev–Trinajstić information content (AvgIpc) is 2.77. The van der Waals surface area contributed by atoms with Gasteiger partial charge in [0, 0.05) is 11.8 Å². The van der Waals surface area contributed by atoms with Gasteiger partial charge in [0.05, 0.1) is 11.7 Å². The number of carbonyl (C=O) groups excluding carboxylic acids is 2. The lowest BCUT2D eigenvalue weighted by molar-refractivity contribution is -0.274. The van der Waals surface area contributed by atoms with Crippen LogP contribution in [-0.2, 0) is 4.79 Å². The SMILES string of the molecule is O=C1COc2cc(C(=O)N[C@@H](c3ccc(OC(F)(F)F)cc3)c3ncccc3F)ccc2N1. The second-order valence-corrected chi connectivity index (χ2v) is 6.94. The molecule has 1 atom stereocenters. The smallest absolute Gasteiger partial charge is 0.482 e. The molecule has 0 bridgehead atoms. The monoisotopic (exact) mass is 461 g/mol. The lowest BCUT2D eigenvalue weighted by Gasteiger charge is -2.21. The largest absolute Gasteiger partial charge is 0.573 e. The topological polar surface area (TPSA) is 89.6 Å². The van der Waals surface area contributed by atoms with Gasteiger partial charge < -0.3 is 20.1 Å². The van der Waals surface area contributed by atoms with Gasteiger partial charge in [-0.15, -0.1) is 13.2 Å². The van der Waals surface area contributed by atoms with Gasteiger partial charge in [0.25, 0.3) is 11.8 Å². The van der Waals surface area contributed by atoms with Crippen LogP contribution in [-0.4, -0.2) is 29.8 Å². The third-order valence-electron chi connectivity index (χ3n) is 4.66. The van der Waals surface area contributed by atoms with E-state index in [-0.39, 0.29) is 35.1 Å². The predicted octanol–water partition coefficient (Wildman–Crippen LogP) is 3.97. The van der Waals surface area contributed by atoms with Gasteiger partial charge in [-0.05, 0) is 48.0 Å². The van der Waals surface area contributed by atoms with E-state index in [4.69, 9.17) is 4.74 Å². The van der Waals surface area contributed by atoms with Gasteiger partial charge in [0.15, 0.2) is 6.61 Å². The molecule has 2 aromatic carbocycles. The number of halogens is 4. The summed E-state index contributed by atoms with van der Waals surface area (Å²) >= 11 is 0. The number of nitrogens with zero attached hydrogens (tertiary/aromatic N) is 1. The Hall–Kier alpha value is -4.15. The van der Waals surface area contributed by atoms with Gasteiger partial charge in [0.1, 0.15) is 23.0 Å². The van der Waals surface area contributed by atoms with E-state index in [2.05, 4.69) is 20.4 Å². The fourth-order valence-corrected chi connectivity index (χ4v) is 3.21. The van der Waals surface area contributed by atoms with E-state index >= 15 is 0 Å². The van der Waals surface area contributed by atoms with Gasteiger partial charge in [-0.2, -0.15) is 0 Å². The number of carbonyl (C=O) groups is 2. The number of nitrogens with one attached hydrogen (secondary N) is 2. The molecule has 33 heavy (non-hydrogen) atoms. The van der Waals surface area contributed by atoms with Crippen molar-refractivity contribution in [2.75, 3.05) is 11.9 Å². The summed E-state index contributed by atoms with van der Waals surface area (Å²) < 4.78 is 61.0. The summed E-state index contributed by atoms with van der Waals surface area (Å²) in [7, 11) is 0. The molecule has 0 radical (unpaired) electrons. The molecule has 3 aromatic rings. The summed E-state index contributed by atoms with van der Waals surface area (Å²) in [5.74, 6) is -1.84. The number of anilines is 1. The van der Waals surface area contributed by atoms with Gasteiger partial charge in [-0.1, -0.05) is 12.1 Å². The molecule has 1 aliphatic rings. The number of fused-ring (bicyclic) bond motifs is 1. The normalized spacial score (nSPS) is 13.9. The van der Waals surface area contributed by atoms with Gasteiger partial charge >= 0.3 is 6.36 Å². The molecule has 1 aliphatic heterocycles. The lowest BCUT2D eigenvalue weighted by Crippen LogP contribution is -2.31. The van der Waals surface area contributed by atoms with Crippen LogP contribution in [0.15, 0.2) is 60.8 Å². The van der Waals surface area contributed by atoms with Crippen LogP contribution >= 0.6 is 0 Å². The first-order chi connectivity index (χ1) is 15.7. The minimum Gasteiger partial charge on any atom is -0.482 e. The van der Waals surface area contributed by atoms with Crippen LogP contribution in [0.1, 0.15) is 27.7 Å². The zero-order valence-corrected chi connectivity index (χ0v) is 16.7. The number of aromatic nitrogens is 1. The highest BCUT2D eigenvalue weighted by atomic mass is 19.4. The van der Waals surface area contributed by atoms with Crippen LogP contribution in [0.2, 0.25) is 0 Å². The quantitative estimate of drug-likeness (QED) is 0.562. The first-order valence-corrected chi connectivity index (χ1v) is 9.53. The van der Waals surface area contributed by atoms with E-state index in [0.717, 1.165) is 18.2 Å². The number of amides is 2. The van der Waals surface area contributed by atoms with Crippen molar-refractivity contribution in [3.63, 3.8) is 0 Å². The summed E-state index contributed by atoms with van der Waals surface area (Å²) in [6.07, 6.45) is -3.54. The molecule has 2 N–H and O–H groups in total. The molecule has 0 spiro atoms. The van der Waals surface area contributed by atoms with E-state index in [1.807, 2.05) is 0 Å². The van der Waals surface area contributed by atoms with Crippen molar-refractivity contribution in [3.8, 4) is 11.5 Å². The third kappa shape index (κ3) is 5.20. The van der Waals surface area contributed by atoms with Gasteiger partial charge in [-0.3, -0.25) is 14.6 Å². The molecule has 7 nitrogen and oxygen atoms in total. The van der Waals surface area contributed by atoms with E-state index in [1.54, 1.807) is 0 Å². The maximum atomic E-state index is 14.5. The standard InChI is InChI=1S/C22H15F4N3O4/c23-15-2-1-9-27-20(15)19(12-3-6-14(7-4-12)33-22(24,25)26)29-21(31)13-5-8-16-17(10-13)32-11-18(30)28-16/h1-10,19H,11H2,(H,28,30)(H,29,31)/t19-/m0/s1. The maximum absolute atomic E-state index is 14.5. The van der Waals surface area contributed by atoms with E-state index in [1.165, 1.54) is 42.6 Å². The Bertz CT molecular complexity index is 1200. The molecule has 2 heterocycles. The lowest BCUT2D eigenvalue weighted by atomic mass is 10.0. The molecular formula is C22H15F4N3O4. The van der Waals surface area contributed by atoms with Crippen molar-refractivity contribution in [3.05, 3.63) is 83.4 Å². The number of ether oxygens (including phenoxy) is 2. The molecular weight excluding hydrogens is 446 g/mol. The Morgan fingerprint density at radius 3 is 2.61 bits per heavy atom. The average molecular weight is 461 g/mol. The number of hydrogen-bond donors (Lipinski definition) is 2. The first kappa shape index (κ1) is 22.1. The summed E-state index contributed by atoms with van der Waals surface area (Å²) in [6, 6.07) is 10.4. The Labute approximate surface area is 184 Å². The number of alkyl halides is 3. The van der Waals surface area contributed by atoms with Crippen molar-refractivity contribution < 1.29 is 36.6 Å². The highest BCUT2D eigenvalue weighted by Crippen LogP contribution is 2.30. The maximum Gasteiger partial charge on any atom is 0.573 e. The molecule has 11 heteroatoms. The number of rotatable bonds is 5. The molecule has 1 aromatic heterocycles. The van der Waals surface area contributed by atoms with Crippen molar-refractivity contribution in [1.29, 1.82) is 0 Å². The predicted molar refractivity (Wildman–Crippen MR) is 107 cm³/mol. The Balaban J connectivity index is 1.63. The van der Waals surface area contributed by atoms with Crippen LogP contribution in [0.25, 0.3) is 0 Å². The van der Waals surface area contributed by atoms with Crippen molar-refractivity contribution in [2.45, 2.75) is 12.4 Å². The molecule has 2 amide bonds. The second-order valence-electron chi connectivity index (χ2n) is 6.94. The van der Waals surface area contributed by atoms with E-state index in [0.29, 0.717) is 5.69 Å². The molecule has 0 unspecified atom stereocenters. The van der Waals surface area contributed by atoms with Crippen LogP contribution in [0, 0.1) is 5.82 Å². The van der Waals surface area contributed by atoms with E-state index < -0.39 is 29.9 Å². The molecule has 170 valence electrons. The molecule has 0 saturated heterocycles. The fraction of sp³-hybridized carbons (Fsp3) is 0.136. The van der Waals surface area contributed by atoms with Crippen molar-refractivity contribution >= 4 is 17.5 Å². The minimum atomic E-state index is -4.86. The summed E-state index contributed by atoms with van der Waals surface area (Å²) in [4.78, 5) is 28.3. The van der Waals surface area contributed by atoms with Crippen molar-refractivity contribution in [1.82, 2.24) is 10.3 Å². The van der Waals surface area contributed by atoms with Gasteiger partial charge in [-0.25, -0.2) is 4.39 Å². The fourth-order valence-electron chi connectivity index (χ4n) is 3.21. The van der Waals surface area contributed by atoms with Crippen LogP contribution < -0.4 is 20.1 Å². The highest BCUT2D eigenvalue weighted by molar-refractivity contribution is 5.99. The van der Waals surface area contributed by atoms with Crippen molar-refractivity contribution in [2.24, 2.45) is 0 Å². The minimum absolute atomic E-state index is 0.128. The summed E-state index contributed by atoms with van der Waals surface area (Å²) in [5.41, 5.74) is 0.701. The molecule has 0 saturated carbocycles. The number of benzene rings is 2. The molecule has 0 fully saturated rings. The van der Waals surface area contributed by atoms with Crippen LogP contribution in [0.4, 0.5) is 23.2 Å². The molecule has 4 rings (SSSR count). The van der Waals surface area contributed by atoms with Gasteiger partial charge in [0.2, 0.25) is 0 Å². The van der Waals surface area contributed by atoms with Crippen LogP contribution in [0.3, 0.4) is 0 Å². The Morgan fingerprint density at radius 1 is 1.15 bits per heavy atom. The zero-order valence-electron chi connectivity index (χ0n) is 16.7. The summed E-state index contributed by atoms with van der Waals surface area (Å²) in [6.45, 7) is -0.202.